The third-order valence-corrected chi connectivity index (χ3v) is 3.85. The van der Waals surface area contributed by atoms with Gasteiger partial charge in [0.05, 0.1) is 11.7 Å². The Bertz CT molecular complexity index is 369. The smallest absolute Gasteiger partial charge is 0.138 e. The van der Waals surface area contributed by atoms with E-state index in [9.17, 15) is 5.11 Å². The van der Waals surface area contributed by atoms with Crippen molar-refractivity contribution in [3.63, 3.8) is 0 Å². The number of aryl methyl sites for hydroxylation is 1. The maximum absolute atomic E-state index is 10.2. The van der Waals surface area contributed by atoms with Gasteiger partial charge in [-0.25, -0.2) is 4.98 Å². The first-order valence-electron chi connectivity index (χ1n) is 6.79. The number of methoxy groups -OCH3 is 1. The fourth-order valence-electron chi connectivity index (χ4n) is 2.62. The Morgan fingerprint density at radius 2 is 2.33 bits per heavy atom. The summed E-state index contributed by atoms with van der Waals surface area (Å²) in [4.78, 5) is 4.23. The maximum Gasteiger partial charge on any atom is 0.138 e. The van der Waals surface area contributed by atoms with Gasteiger partial charge in [-0.3, -0.25) is 4.68 Å². The van der Waals surface area contributed by atoms with Gasteiger partial charge in [-0.05, 0) is 25.7 Å². The largest absolute Gasteiger partial charge is 0.393 e. The van der Waals surface area contributed by atoms with Crippen LogP contribution in [0.3, 0.4) is 0 Å². The van der Waals surface area contributed by atoms with Crippen molar-refractivity contribution in [1.82, 2.24) is 14.8 Å². The van der Waals surface area contributed by atoms with Gasteiger partial charge in [0.15, 0.2) is 0 Å². The minimum absolute atomic E-state index is 0.0883. The summed E-state index contributed by atoms with van der Waals surface area (Å²) in [5.41, 5.74) is -0.0883. The van der Waals surface area contributed by atoms with Crippen LogP contribution in [0.25, 0.3) is 0 Å². The second-order valence-electron chi connectivity index (χ2n) is 5.20. The average molecular weight is 253 g/mol. The zero-order valence-corrected chi connectivity index (χ0v) is 11.3. The molecule has 1 N–H and O–H groups in total. The Hall–Kier alpha value is -0.940. The molecule has 1 aromatic rings. The van der Waals surface area contributed by atoms with E-state index in [-0.39, 0.29) is 5.60 Å². The highest BCUT2D eigenvalue weighted by Gasteiger charge is 2.38. The van der Waals surface area contributed by atoms with Crippen molar-refractivity contribution in [2.45, 2.75) is 63.7 Å². The van der Waals surface area contributed by atoms with Crippen molar-refractivity contribution in [1.29, 1.82) is 0 Å². The van der Waals surface area contributed by atoms with E-state index >= 15 is 0 Å². The third kappa shape index (κ3) is 2.90. The van der Waals surface area contributed by atoms with E-state index in [1.54, 1.807) is 13.4 Å². The lowest BCUT2D eigenvalue weighted by molar-refractivity contribution is -0.0991. The summed E-state index contributed by atoms with van der Waals surface area (Å²) in [5.74, 6) is 0.870. The van der Waals surface area contributed by atoms with Crippen molar-refractivity contribution in [2.75, 3.05) is 7.11 Å². The minimum Gasteiger partial charge on any atom is -0.393 e. The molecule has 0 amide bonds. The first kappa shape index (κ1) is 13.5. The second-order valence-corrected chi connectivity index (χ2v) is 5.20. The molecule has 0 radical (unpaired) electrons. The molecule has 1 aliphatic carbocycles. The number of hydrogen-bond acceptors (Lipinski definition) is 4. The minimum atomic E-state index is -0.398. The fourth-order valence-corrected chi connectivity index (χ4v) is 2.62. The predicted molar refractivity (Wildman–Crippen MR) is 68.2 cm³/mol. The molecular formula is C13H23N3O2. The summed E-state index contributed by atoms with van der Waals surface area (Å²) < 4.78 is 7.42. The van der Waals surface area contributed by atoms with E-state index in [4.69, 9.17) is 4.74 Å². The molecule has 5 nitrogen and oxygen atoms in total. The highest BCUT2D eigenvalue weighted by atomic mass is 16.5. The number of nitrogens with zero attached hydrogens (tertiary/aromatic N) is 3. The van der Waals surface area contributed by atoms with Gasteiger partial charge in [0.1, 0.15) is 12.2 Å². The van der Waals surface area contributed by atoms with Crippen LogP contribution in [-0.4, -0.2) is 38.7 Å². The van der Waals surface area contributed by atoms with Crippen molar-refractivity contribution in [3.8, 4) is 0 Å². The van der Waals surface area contributed by atoms with Crippen molar-refractivity contribution in [2.24, 2.45) is 0 Å². The normalized spacial score (nSPS) is 19.5. The Morgan fingerprint density at radius 3 is 2.89 bits per heavy atom. The molecule has 1 fully saturated rings. The molecular weight excluding hydrogens is 230 g/mol. The van der Waals surface area contributed by atoms with Crippen molar-refractivity contribution in [3.05, 3.63) is 12.2 Å². The second kappa shape index (κ2) is 5.80. The molecule has 1 atom stereocenters. The zero-order chi connectivity index (χ0) is 13.0. The highest BCUT2D eigenvalue weighted by molar-refractivity contribution is 4.95. The number of aromatic nitrogens is 3. The average Bonchev–Trinajstić information content (AvgIpc) is 2.72. The van der Waals surface area contributed by atoms with Gasteiger partial charge in [-0.1, -0.05) is 6.92 Å². The summed E-state index contributed by atoms with van der Waals surface area (Å²) in [5, 5.41) is 14.4. The third-order valence-electron chi connectivity index (χ3n) is 3.85. The van der Waals surface area contributed by atoms with E-state index in [1.165, 1.54) is 6.42 Å². The van der Waals surface area contributed by atoms with Crippen LogP contribution < -0.4 is 0 Å². The quantitative estimate of drug-likeness (QED) is 0.801. The number of aliphatic hydroxyl groups excluding tert-OH is 1. The molecule has 1 aliphatic rings. The molecule has 1 aromatic heterocycles. The van der Waals surface area contributed by atoms with Gasteiger partial charge >= 0.3 is 0 Å². The predicted octanol–water partition coefficient (Wildman–Crippen LogP) is 1.55. The van der Waals surface area contributed by atoms with Gasteiger partial charge in [-0.2, -0.15) is 5.10 Å². The van der Waals surface area contributed by atoms with Crippen LogP contribution in [0.15, 0.2) is 6.33 Å². The molecule has 102 valence electrons. The van der Waals surface area contributed by atoms with Crippen LogP contribution in [-0.2, 0) is 17.7 Å². The Morgan fingerprint density at radius 1 is 1.56 bits per heavy atom. The van der Waals surface area contributed by atoms with E-state index < -0.39 is 6.10 Å². The van der Waals surface area contributed by atoms with Crippen LogP contribution >= 0.6 is 0 Å². The van der Waals surface area contributed by atoms with Crippen molar-refractivity contribution < 1.29 is 9.84 Å². The van der Waals surface area contributed by atoms with Gasteiger partial charge < -0.3 is 9.84 Å². The first-order chi connectivity index (χ1) is 8.69. The number of ether oxygens (including phenoxy) is 1. The lowest BCUT2D eigenvalue weighted by atomic mass is 9.76. The maximum atomic E-state index is 10.2. The van der Waals surface area contributed by atoms with E-state index in [0.717, 1.165) is 31.6 Å². The fraction of sp³-hybridized carbons (Fsp3) is 0.846. The molecule has 0 bridgehead atoms. The van der Waals surface area contributed by atoms with Crippen LogP contribution in [0.5, 0.6) is 0 Å². The molecule has 0 aromatic carbocycles. The zero-order valence-electron chi connectivity index (χ0n) is 11.3. The van der Waals surface area contributed by atoms with Crippen molar-refractivity contribution >= 4 is 0 Å². The number of hydrogen-bond donors (Lipinski definition) is 1. The molecule has 18 heavy (non-hydrogen) atoms. The van der Waals surface area contributed by atoms with Crippen LogP contribution in [0, 0.1) is 0 Å². The SMILES string of the molecule is CCCn1ncnc1CC(O)CC1(OC)CCC1. The Labute approximate surface area is 108 Å². The molecule has 1 unspecified atom stereocenters. The van der Waals surface area contributed by atoms with E-state index in [2.05, 4.69) is 17.0 Å². The molecule has 1 saturated carbocycles. The Kier molecular flexibility index (Phi) is 4.35. The summed E-state index contributed by atoms with van der Waals surface area (Å²) in [7, 11) is 1.74. The number of aliphatic hydroxyl groups is 1. The molecule has 2 rings (SSSR count). The molecule has 1 heterocycles. The molecule has 5 heteroatoms. The summed E-state index contributed by atoms with van der Waals surface area (Å²) in [6.07, 6.45) is 6.76. The topological polar surface area (TPSA) is 60.2 Å². The van der Waals surface area contributed by atoms with Gasteiger partial charge in [-0.15, -0.1) is 0 Å². The van der Waals surface area contributed by atoms with Crippen LogP contribution in [0.2, 0.25) is 0 Å². The standard InChI is InChI=1S/C13H23N3O2/c1-3-7-16-12(14-10-15-16)8-11(17)9-13(18-2)5-4-6-13/h10-11,17H,3-9H2,1-2H3. The van der Waals surface area contributed by atoms with E-state index in [1.807, 2.05) is 4.68 Å². The summed E-state index contributed by atoms with van der Waals surface area (Å²) in [6.45, 7) is 2.97. The van der Waals surface area contributed by atoms with Gasteiger partial charge in [0.2, 0.25) is 0 Å². The first-order valence-corrected chi connectivity index (χ1v) is 6.79. The monoisotopic (exact) mass is 253 g/mol. The lowest BCUT2D eigenvalue weighted by Crippen LogP contribution is -2.42. The van der Waals surface area contributed by atoms with Gasteiger partial charge in [0, 0.05) is 26.5 Å². The van der Waals surface area contributed by atoms with Gasteiger partial charge in [0.25, 0.3) is 0 Å². The number of rotatable bonds is 7. The van der Waals surface area contributed by atoms with E-state index in [0.29, 0.717) is 12.8 Å². The summed E-state index contributed by atoms with van der Waals surface area (Å²) in [6, 6.07) is 0. The van der Waals surface area contributed by atoms with Crippen LogP contribution in [0.1, 0.15) is 44.9 Å². The summed E-state index contributed by atoms with van der Waals surface area (Å²) >= 11 is 0. The molecule has 0 aliphatic heterocycles. The highest BCUT2D eigenvalue weighted by Crippen LogP contribution is 2.39. The Balaban J connectivity index is 1.90. The lowest BCUT2D eigenvalue weighted by Gasteiger charge is -2.41. The molecule has 0 spiro atoms. The van der Waals surface area contributed by atoms with Crippen LogP contribution in [0.4, 0.5) is 0 Å². The molecule has 0 saturated heterocycles.